The van der Waals surface area contributed by atoms with Crippen LogP contribution in [0.25, 0.3) is 0 Å². The maximum Gasteiger partial charge on any atom is 0.414 e. The maximum absolute atomic E-state index is 13.2. The Balaban J connectivity index is 0.00000400. The van der Waals surface area contributed by atoms with Gasteiger partial charge in [-0.25, -0.2) is 4.79 Å². The summed E-state index contributed by atoms with van der Waals surface area (Å²) in [5.41, 5.74) is 1.31. The summed E-state index contributed by atoms with van der Waals surface area (Å²) in [6.07, 6.45) is 0.386. The molecule has 1 atom stereocenters. The van der Waals surface area contributed by atoms with Crippen molar-refractivity contribution in [2.75, 3.05) is 56.2 Å². The van der Waals surface area contributed by atoms with Crippen LogP contribution in [-0.4, -0.2) is 81.3 Å². The number of imide groups is 1. The number of morpholine rings is 1. The van der Waals surface area contributed by atoms with Gasteiger partial charge in [-0.2, -0.15) is 0 Å². The number of amides is 4. The lowest BCUT2D eigenvalue weighted by Gasteiger charge is -2.27. The van der Waals surface area contributed by atoms with Crippen LogP contribution in [0.4, 0.5) is 16.2 Å². The molecule has 2 fully saturated rings. The highest BCUT2D eigenvalue weighted by molar-refractivity contribution is 7.18. The van der Waals surface area contributed by atoms with Crippen molar-refractivity contribution < 1.29 is 28.7 Å². The van der Waals surface area contributed by atoms with Crippen LogP contribution in [0.5, 0.6) is 0 Å². The van der Waals surface area contributed by atoms with Crippen molar-refractivity contribution in [3.63, 3.8) is 0 Å². The zero-order chi connectivity index (χ0) is 26.4. The standard InChI is InChI=1S/C25H29ClN4O6S.ClH/c1-27-11-3-2-4-22(31)30(24(33)20-9-10-21(26)37-20)15-19-14-29(25(34)36-19)18-7-5-17(6-8-18)28-12-13-35-16-23(28)32;/h5-10,19,27H,2-4,11-16H2,1H3;1H/t19-;/m1./s1. The Labute approximate surface area is 236 Å². The van der Waals surface area contributed by atoms with E-state index in [0.717, 1.165) is 34.9 Å². The van der Waals surface area contributed by atoms with Crippen molar-refractivity contribution in [2.24, 2.45) is 0 Å². The fraction of sp³-hybridized carbons (Fsp3) is 0.440. The minimum Gasteiger partial charge on any atom is -0.442 e. The molecule has 0 bridgehead atoms. The van der Waals surface area contributed by atoms with Crippen molar-refractivity contribution >= 4 is 70.5 Å². The topological polar surface area (TPSA) is 108 Å². The van der Waals surface area contributed by atoms with Crippen LogP contribution in [0.1, 0.15) is 28.9 Å². The molecular formula is C25H30Cl2N4O6S. The Morgan fingerprint density at radius 3 is 2.45 bits per heavy atom. The number of rotatable bonds is 10. The number of cyclic esters (lactones) is 1. The van der Waals surface area contributed by atoms with E-state index in [0.29, 0.717) is 34.5 Å². The summed E-state index contributed by atoms with van der Waals surface area (Å²) in [6, 6.07) is 10.2. The number of carbonyl (C=O) groups excluding carboxylic acids is 4. The third kappa shape index (κ3) is 7.23. The number of thiophene rings is 1. The fourth-order valence-corrected chi connectivity index (χ4v) is 5.20. The van der Waals surface area contributed by atoms with Gasteiger partial charge in [0.15, 0.2) is 0 Å². The number of benzene rings is 1. The molecule has 4 amide bonds. The van der Waals surface area contributed by atoms with Crippen molar-refractivity contribution in [1.29, 1.82) is 0 Å². The molecule has 4 rings (SSSR count). The fourth-order valence-electron chi connectivity index (χ4n) is 4.21. The highest BCUT2D eigenvalue weighted by Crippen LogP contribution is 2.27. The van der Waals surface area contributed by atoms with Crippen LogP contribution < -0.4 is 15.1 Å². The Kier molecular flexibility index (Phi) is 10.9. The van der Waals surface area contributed by atoms with E-state index >= 15 is 0 Å². The third-order valence-electron chi connectivity index (χ3n) is 6.12. The van der Waals surface area contributed by atoms with E-state index in [9.17, 15) is 19.2 Å². The number of anilines is 2. The van der Waals surface area contributed by atoms with Crippen molar-refractivity contribution in [3.8, 4) is 0 Å². The lowest BCUT2D eigenvalue weighted by Crippen LogP contribution is -2.43. The maximum atomic E-state index is 13.2. The summed E-state index contributed by atoms with van der Waals surface area (Å²) >= 11 is 7.10. The summed E-state index contributed by atoms with van der Waals surface area (Å²) in [5.74, 6) is -0.892. The van der Waals surface area contributed by atoms with Crippen LogP contribution in [0.2, 0.25) is 4.34 Å². The quantitative estimate of drug-likeness (QED) is 0.425. The molecule has 1 aromatic heterocycles. The number of halogens is 2. The number of unbranched alkanes of at least 4 members (excludes halogenated alkanes) is 1. The number of carbonyl (C=O) groups is 4. The zero-order valence-corrected chi connectivity index (χ0v) is 23.3. The molecule has 38 heavy (non-hydrogen) atoms. The van der Waals surface area contributed by atoms with E-state index in [-0.39, 0.29) is 50.3 Å². The van der Waals surface area contributed by atoms with Gasteiger partial charge in [-0.3, -0.25) is 24.2 Å². The molecule has 0 radical (unpaired) electrons. The molecule has 0 unspecified atom stereocenters. The highest BCUT2D eigenvalue weighted by Gasteiger charge is 2.36. The lowest BCUT2D eigenvalue weighted by molar-refractivity contribution is -0.129. The van der Waals surface area contributed by atoms with Gasteiger partial charge in [0, 0.05) is 24.3 Å². The lowest BCUT2D eigenvalue weighted by atomic mass is 10.2. The number of nitrogens with zero attached hydrogens (tertiary/aromatic N) is 3. The van der Waals surface area contributed by atoms with Crippen LogP contribution in [0.3, 0.4) is 0 Å². The van der Waals surface area contributed by atoms with E-state index in [1.807, 2.05) is 7.05 Å². The first kappa shape index (κ1) is 29.9. The molecule has 2 aromatic rings. The Bertz CT molecular complexity index is 1150. The molecule has 0 spiro atoms. The van der Waals surface area contributed by atoms with Gasteiger partial charge in [-0.15, -0.1) is 23.7 Å². The molecule has 0 saturated carbocycles. The normalized spacial score (nSPS) is 17.3. The summed E-state index contributed by atoms with van der Waals surface area (Å²) < 4.78 is 11.2. The summed E-state index contributed by atoms with van der Waals surface area (Å²) in [5, 5.41) is 3.04. The number of nitrogens with one attached hydrogen (secondary N) is 1. The van der Waals surface area contributed by atoms with Crippen molar-refractivity contribution in [2.45, 2.75) is 25.4 Å². The van der Waals surface area contributed by atoms with Crippen LogP contribution >= 0.6 is 35.3 Å². The molecule has 206 valence electrons. The molecule has 3 heterocycles. The Morgan fingerprint density at radius 1 is 1.11 bits per heavy atom. The first-order chi connectivity index (χ1) is 17.9. The molecule has 1 N–H and O–H groups in total. The summed E-state index contributed by atoms with van der Waals surface area (Å²) in [4.78, 5) is 55.6. The van der Waals surface area contributed by atoms with Crippen LogP contribution in [0, 0.1) is 0 Å². The average molecular weight is 586 g/mol. The minimum atomic E-state index is -0.686. The van der Waals surface area contributed by atoms with Gasteiger partial charge in [0.1, 0.15) is 12.7 Å². The van der Waals surface area contributed by atoms with Gasteiger partial charge >= 0.3 is 6.09 Å². The molecule has 1 aromatic carbocycles. The Hall–Kier alpha value is -2.70. The monoisotopic (exact) mass is 584 g/mol. The molecule has 0 aliphatic carbocycles. The molecule has 13 heteroatoms. The van der Waals surface area contributed by atoms with E-state index in [2.05, 4.69) is 5.32 Å². The third-order valence-corrected chi connectivity index (χ3v) is 7.34. The summed E-state index contributed by atoms with van der Waals surface area (Å²) in [6.45, 7) is 1.87. The van der Waals surface area contributed by atoms with Crippen molar-refractivity contribution in [1.82, 2.24) is 10.2 Å². The van der Waals surface area contributed by atoms with Gasteiger partial charge in [0.25, 0.3) is 11.8 Å². The predicted octanol–water partition coefficient (Wildman–Crippen LogP) is 3.57. The van der Waals surface area contributed by atoms with E-state index in [1.54, 1.807) is 41.3 Å². The number of ether oxygens (including phenoxy) is 2. The van der Waals surface area contributed by atoms with Gasteiger partial charge in [-0.05, 0) is 62.8 Å². The van der Waals surface area contributed by atoms with Gasteiger partial charge in [-0.1, -0.05) is 11.6 Å². The smallest absolute Gasteiger partial charge is 0.414 e. The van der Waals surface area contributed by atoms with E-state index in [1.165, 1.54) is 4.90 Å². The van der Waals surface area contributed by atoms with Crippen LogP contribution in [-0.2, 0) is 19.1 Å². The minimum absolute atomic E-state index is 0. The molecule has 2 aliphatic rings. The summed E-state index contributed by atoms with van der Waals surface area (Å²) in [7, 11) is 1.84. The van der Waals surface area contributed by atoms with Gasteiger partial charge in [0.05, 0.1) is 28.9 Å². The first-order valence-electron chi connectivity index (χ1n) is 12.1. The predicted molar refractivity (Wildman–Crippen MR) is 148 cm³/mol. The highest BCUT2D eigenvalue weighted by atomic mass is 35.5. The van der Waals surface area contributed by atoms with Gasteiger partial charge < -0.3 is 19.7 Å². The van der Waals surface area contributed by atoms with Crippen molar-refractivity contribution in [3.05, 3.63) is 45.6 Å². The molecular weight excluding hydrogens is 555 g/mol. The molecule has 2 saturated heterocycles. The second-order valence-corrected chi connectivity index (χ2v) is 10.4. The van der Waals surface area contributed by atoms with Gasteiger partial charge in [0.2, 0.25) is 5.91 Å². The Morgan fingerprint density at radius 2 is 1.82 bits per heavy atom. The second kappa shape index (κ2) is 13.9. The number of hydrogen-bond donors (Lipinski definition) is 1. The first-order valence-corrected chi connectivity index (χ1v) is 13.3. The molecule has 2 aliphatic heterocycles. The SMILES string of the molecule is CNCCCCC(=O)N(C[C@H]1CN(c2ccc(N3CCOCC3=O)cc2)C(=O)O1)C(=O)c1ccc(Cl)s1.Cl. The average Bonchev–Trinajstić information content (AvgIpc) is 3.50. The van der Waals surface area contributed by atoms with E-state index in [4.69, 9.17) is 21.1 Å². The number of hydrogen-bond acceptors (Lipinski definition) is 8. The zero-order valence-electron chi connectivity index (χ0n) is 20.9. The molecule has 10 nitrogen and oxygen atoms in total. The van der Waals surface area contributed by atoms with Crippen LogP contribution in [0.15, 0.2) is 36.4 Å². The van der Waals surface area contributed by atoms with E-state index < -0.39 is 18.1 Å². The second-order valence-electron chi connectivity index (χ2n) is 8.70. The largest absolute Gasteiger partial charge is 0.442 e.